The average molecular weight is 599 g/mol. The Balaban J connectivity index is 1.18. The second kappa shape index (κ2) is 12.4. The summed E-state index contributed by atoms with van der Waals surface area (Å²) < 4.78 is 20.1. The number of halogens is 1. The molecule has 0 radical (unpaired) electrons. The molecule has 1 saturated carbocycles. The number of hydrogen-bond donors (Lipinski definition) is 3. The molecule has 0 bridgehead atoms. The first kappa shape index (κ1) is 29.3. The van der Waals surface area contributed by atoms with Gasteiger partial charge in [-0.15, -0.1) is 5.10 Å². The van der Waals surface area contributed by atoms with Crippen LogP contribution < -0.4 is 10.6 Å². The number of pyridine rings is 2. The van der Waals surface area contributed by atoms with Gasteiger partial charge in [-0.1, -0.05) is 6.07 Å². The van der Waals surface area contributed by atoms with Gasteiger partial charge in [0.1, 0.15) is 5.82 Å². The van der Waals surface area contributed by atoms with E-state index in [0.717, 1.165) is 41.3 Å². The normalized spacial score (nSPS) is 19.1. The molecule has 1 aliphatic carbocycles. The second-order valence-electron chi connectivity index (χ2n) is 11.4. The number of H-pyrrole nitrogens is 1. The number of rotatable bonds is 10. The summed E-state index contributed by atoms with van der Waals surface area (Å²) in [6.45, 7) is 4.31. The molecule has 3 N–H and O–H groups in total. The molecule has 0 aromatic carbocycles. The fourth-order valence-electron chi connectivity index (χ4n) is 5.94. The largest absolute Gasteiger partial charge is 0.385 e. The Kier molecular flexibility index (Phi) is 8.29. The molecule has 228 valence electrons. The van der Waals surface area contributed by atoms with Crippen LogP contribution in [0.5, 0.6) is 0 Å². The van der Waals surface area contributed by atoms with Crippen LogP contribution >= 0.6 is 0 Å². The number of methoxy groups -OCH3 is 1. The Hall–Kier alpha value is -4.78. The van der Waals surface area contributed by atoms with Crippen LogP contribution in [0.4, 0.5) is 16.0 Å². The molecule has 5 heterocycles. The summed E-state index contributed by atoms with van der Waals surface area (Å²) >= 11 is 0. The number of fused-ring (bicyclic) bond motifs is 1. The molecule has 0 aliphatic heterocycles. The van der Waals surface area contributed by atoms with Gasteiger partial charge in [0, 0.05) is 43.0 Å². The minimum Gasteiger partial charge on any atom is -0.385 e. The van der Waals surface area contributed by atoms with E-state index in [1.807, 2.05) is 38.1 Å². The number of nitrogens with zero attached hydrogens (tertiary/aromatic N) is 7. The summed E-state index contributed by atoms with van der Waals surface area (Å²) in [6, 6.07) is 11.0. The molecule has 1 fully saturated rings. The van der Waals surface area contributed by atoms with Crippen molar-refractivity contribution in [1.29, 1.82) is 0 Å². The average Bonchev–Trinajstić information content (AvgIpc) is 3.67. The van der Waals surface area contributed by atoms with Crippen LogP contribution in [-0.4, -0.2) is 59.8 Å². The van der Waals surface area contributed by atoms with Crippen LogP contribution in [0.25, 0.3) is 16.7 Å². The van der Waals surface area contributed by atoms with Gasteiger partial charge in [-0.3, -0.25) is 14.9 Å². The molecule has 0 unspecified atom stereocenters. The predicted octanol–water partition coefficient (Wildman–Crippen LogP) is 5.08. The molecule has 13 heteroatoms. The van der Waals surface area contributed by atoms with Crippen molar-refractivity contribution in [3.05, 3.63) is 77.9 Å². The fourth-order valence-corrected chi connectivity index (χ4v) is 5.94. The minimum atomic E-state index is -0.591. The highest BCUT2D eigenvalue weighted by molar-refractivity contribution is 5.85. The molecule has 5 aromatic rings. The van der Waals surface area contributed by atoms with Crippen molar-refractivity contribution in [3.8, 4) is 5.82 Å². The summed E-state index contributed by atoms with van der Waals surface area (Å²) in [6.07, 6.45) is 7.66. The standard InChI is InChI=1S/C31H35FN10O2/c1-19-15-26(40-38-19)36-25-16-22-5-4-13-33-28(22)29(37-25)21-8-10-31(11-9-21,12-14-44-3)30(43)35-20(2)24-6-7-27(41-39-24)42-18-23(32)17-34-42/h4-7,13,15-18,20-21H,8-12,14H2,1-3H3,(H,35,43)(H2,36,37,38,40)/t20-,21?,31?/m0/s1. The number of aromatic nitrogens is 8. The van der Waals surface area contributed by atoms with Crippen molar-refractivity contribution in [2.45, 2.75) is 57.9 Å². The Morgan fingerprint density at radius 1 is 1.20 bits per heavy atom. The van der Waals surface area contributed by atoms with Crippen molar-refractivity contribution in [2.75, 3.05) is 19.0 Å². The van der Waals surface area contributed by atoms with E-state index in [0.29, 0.717) is 49.0 Å². The molecular formula is C31H35FN10O2. The lowest BCUT2D eigenvalue weighted by Gasteiger charge is -2.39. The molecule has 44 heavy (non-hydrogen) atoms. The van der Waals surface area contributed by atoms with Gasteiger partial charge in [-0.05, 0) is 70.2 Å². The Labute approximate surface area is 253 Å². The SMILES string of the molecule is COCCC1(C(=O)N[C@@H](C)c2ccc(-n3cc(F)cn3)nn2)CCC(c2nc(Nc3cc(C)[nH]n3)cc3cccnc23)CC1. The first-order chi connectivity index (χ1) is 21.3. The van der Waals surface area contributed by atoms with E-state index in [9.17, 15) is 9.18 Å². The molecule has 1 atom stereocenters. The lowest BCUT2D eigenvalue weighted by atomic mass is 9.67. The van der Waals surface area contributed by atoms with E-state index in [4.69, 9.17) is 9.72 Å². The van der Waals surface area contributed by atoms with Gasteiger partial charge in [0.15, 0.2) is 17.5 Å². The molecule has 12 nitrogen and oxygen atoms in total. The van der Waals surface area contributed by atoms with Gasteiger partial charge in [0.2, 0.25) is 5.91 Å². The van der Waals surface area contributed by atoms with Crippen molar-refractivity contribution in [2.24, 2.45) is 5.41 Å². The molecule has 1 aliphatic rings. The number of aromatic amines is 1. The number of nitrogens with one attached hydrogen (secondary N) is 3. The Morgan fingerprint density at radius 2 is 2.05 bits per heavy atom. The number of carbonyl (C=O) groups is 1. The zero-order valence-corrected chi connectivity index (χ0v) is 24.9. The summed E-state index contributed by atoms with van der Waals surface area (Å²) in [4.78, 5) is 23.6. The molecule has 0 spiro atoms. The number of carbonyl (C=O) groups excluding carboxylic acids is 1. The third-order valence-corrected chi connectivity index (χ3v) is 8.42. The summed E-state index contributed by atoms with van der Waals surface area (Å²) in [5, 5.41) is 27.1. The van der Waals surface area contributed by atoms with E-state index in [1.54, 1.807) is 25.4 Å². The highest BCUT2D eigenvalue weighted by atomic mass is 19.1. The smallest absolute Gasteiger partial charge is 0.226 e. The first-order valence-electron chi connectivity index (χ1n) is 14.7. The molecular weight excluding hydrogens is 563 g/mol. The highest BCUT2D eigenvalue weighted by Crippen LogP contribution is 2.46. The number of hydrogen-bond acceptors (Lipinski definition) is 9. The monoisotopic (exact) mass is 598 g/mol. The van der Waals surface area contributed by atoms with Crippen LogP contribution in [0.3, 0.4) is 0 Å². The van der Waals surface area contributed by atoms with Gasteiger partial charge < -0.3 is 15.4 Å². The van der Waals surface area contributed by atoms with Gasteiger partial charge in [0.05, 0.1) is 40.8 Å². The summed E-state index contributed by atoms with van der Waals surface area (Å²) in [5.41, 5.74) is 2.77. The van der Waals surface area contributed by atoms with Crippen molar-refractivity contribution in [1.82, 2.24) is 45.5 Å². The van der Waals surface area contributed by atoms with Crippen molar-refractivity contribution >= 4 is 28.4 Å². The fraction of sp³-hybridized carbons (Fsp3) is 0.387. The van der Waals surface area contributed by atoms with Crippen LogP contribution in [0.2, 0.25) is 0 Å². The number of ether oxygens (including phenoxy) is 1. The quantitative estimate of drug-likeness (QED) is 0.200. The van der Waals surface area contributed by atoms with Crippen LogP contribution in [0.1, 0.15) is 68.1 Å². The third kappa shape index (κ3) is 6.13. The first-order valence-corrected chi connectivity index (χ1v) is 14.7. The summed E-state index contributed by atoms with van der Waals surface area (Å²) in [5.74, 6) is 1.45. The number of amides is 1. The number of aryl methyl sites for hydroxylation is 1. The third-order valence-electron chi connectivity index (χ3n) is 8.42. The molecule has 1 amide bonds. The van der Waals surface area contributed by atoms with Gasteiger partial charge in [-0.2, -0.15) is 15.3 Å². The van der Waals surface area contributed by atoms with Gasteiger partial charge in [-0.25, -0.2) is 14.1 Å². The van der Waals surface area contributed by atoms with E-state index >= 15 is 0 Å². The molecule has 6 rings (SSSR count). The zero-order valence-electron chi connectivity index (χ0n) is 24.9. The second-order valence-corrected chi connectivity index (χ2v) is 11.4. The maximum Gasteiger partial charge on any atom is 0.226 e. The van der Waals surface area contributed by atoms with Gasteiger partial charge >= 0.3 is 0 Å². The van der Waals surface area contributed by atoms with E-state index in [2.05, 4.69) is 41.1 Å². The number of anilines is 2. The lowest BCUT2D eigenvalue weighted by molar-refractivity contribution is -0.135. The maximum absolute atomic E-state index is 13.9. The van der Waals surface area contributed by atoms with E-state index < -0.39 is 11.2 Å². The lowest BCUT2D eigenvalue weighted by Crippen LogP contribution is -2.45. The maximum atomic E-state index is 13.9. The van der Waals surface area contributed by atoms with Crippen LogP contribution in [-0.2, 0) is 9.53 Å². The molecule has 5 aromatic heterocycles. The highest BCUT2D eigenvalue weighted by Gasteiger charge is 2.43. The Bertz CT molecular complexity index is 1740. The van der Waals surface area contributed by atoms with Crippen molar-refractivity contribution in [3.63, 3.8) is 0 Å². The topological polar surface area (TPSA) is 148 Å². The molecule has 0 saturated heterocycles. The van der Waals surface area contributed by atoms with Gasteiger partial charge in [0.25, 0.3) is 0 Å². The van der Waals surface area contributed by atoms with Crippen LogP contribution in [0, 0.1) is 18.2 Å². The predicted molar refractivity (Wildman–Crippen MR) is 162 cm³/mol. The zero-order chi connectivity index (χ0) is 30.7. The van der Waals surface area contributed by atoms with E-state index in [-0.39, 0.29) is 17.9 Å². The Morgan fingerprint density at radius 3 is 2.73 bits per heavy atom. The minimum absolute atomic E-state index is 0.0271. The van der Waals surface area contributed by atoms with Crippen molar-refractivity contribution < 1.29 is 13.9 Å². The summed E-state index contributed by atoms with van der Waals surface area (Å²) in [7, 11) is 1.66. The van der Waals surface area contributed by atoms with E-state index in [1.165, 1.54) is 10.9 Å². The van der Waals surface area contributed by atoms with Crippen LogP contribution in [0.15, 0.2) is 55.0 Å².